The summed E-state index contributed by atoms with van der Waals surface area (Å²) in [4.78, 5) is 0. The van der Waals surface area contributed by atoms with E-state index < -0.39 is 0 Å². The van der Waals surface area contributed by atoms with Gasteiger partial charge in [-0.15, -0.1) is 0 Å². The Morgan fingerprint density at radius 3 is 2.95 bits per heavy atom. The van der Waals surface area contributed by atoms with E-state index in [9.17, 15) is 4.39 Å². The predicted octanol–water partition coefficient (Wildman–Crippen LogP) is 3.12. The maximum Gasteiger partial charge on any atom is 0.168 e. The molecule has 0 atom stereocenters. The highest BCUT2D eigenvalue weighted by atomic mass is 19.1. The minimum absolute atomic E-state index is 0.299. The fraction of sp³-hybridized carbons (Fsp3) is 0.438. The molecule has 1 aromatic heterocycles. The summed E-state index contributed by atoms with van der Waals surface area (Å²) in [7, 11) is 0. The van der Waals surface area contributed by atoms with Crippen LogP contribution < -0.4 is 10.1 Å². The van der Waals surface area contributed by atoms with Crippen molar-refractivity contribution >= 4 is 0 Å². The maximum absolute atomic E-state index is 13.2. The summed E-state index contributed by atoms with van der Waals surface area (Å²) >= 11 is 0. The van der Waals surface area contributed by atoms with E-state index in [1.807, 2.05) is 11.6 Å². The first-order chi connectivity index (χ1) is 10.2. The predicted molar refractivity (Wildman–Crippen MR) is 79.0 cm³/mol. The largest absolute Gasteiger partial charge is 0.454 e. The van der Waals surface area contributed by atoms with Crippen molar-refractivity contribution in [2.75, 3.05) is 13.1 Å². The summed E-state index contributed by atoms with van der Waals surface area (Å²) in [5.74, 6) is 1.55. The zero-order valence-electron chi connectivity index (χ0n) is 12.2. The second-order valence-corrected chi connectivity index (χ2v) is 5.53. The zero-order valence-corrected chi connectivity index (χ0v) is 12.2. The number of benzene rings is 1. The molecule has 21 heavy (non-hydrogen) atoms. The number of nitrogens with zero attached hydrogens (tertiary/aromatic N) is 2. The minimum atomic E-state index is -0.299. The van der Waals surface area contributed by atoms with Crippen molar-refractivity contribution in [3.8, 4) is 11.5 Å². The first-order valence-corrected chi connectivity index (χ1v) is 7.39. The Morgan fingerprint density at radius 2 is 2.19 bits per heavy atom. The second kappa shape index (κ2) is 6.26. The van der Waals surface area contributed by atoms with Crippen LogP contribution in [-0.2, 0) is 6.54 Å². The van der Waals surface area contributed by atoms with Gasteiger partial charge in [-0.25, -0.2) is 4.39 Å². The first-order valence-electron chi connectivity index (χ1n) is 7.39. The highest BCUT2D eigenvalue weighted by Gasteiger charge is 2.16. The van der Waals surface area contributed by atoms with E-state index in [2.05, 4.69) is 10.4 Å². The van der Waals surface area contributed by atoms with Crippen LogP contribution in [0.4, 0.5) is 4.39 Å². The van der Waals surface area contributed by atoms with Gasteiger partial charge in [0.25, 0.3) is 0 Å². The summed E-state index contributed by atoms with van der Waals surface area (Å²) in [6.45, 7) is 5.07. The van der Waals surface area contributed by atoms with Crippen LogP contribution in [0.2, 0.25) is 0 Å². The van der Waals surface area contributed by atoms with Crippen molar-refractivity contribution in [2.24, 2.45) is 5.92 Å². The Hall–Kier alpha value is -1.88. The van der Waals surface area contributed by atoms with Gasteiger partial charge in [0.05, 0.1) is 11.9 Å². The van der Waals surface area contributed by atoms with E-state index in [0.29, 0.717) is 17.4 Å². The van der Waals surface area contributed by atoms with Crippen LogP contribution in [0.3, 0.4) is 0 Å². The molecule has 1 N–H and O–H groups in total. The lowest BCUT2D eigenvalue weighted by molar-refractivity contribution is 0.318. The molecule has 5 heteroatoms. The van der Waals surface area contributed by atoms with E-state index in [1.54, 1.807) is 18.3 Å². The molecule has 1 aromatic carbocycles. The molecule has 2 heterocycles. The molecule has 0 bridgehead atoms. The average Bonchev–Trinajstić information content (AvgIpc) is 2.82. The van der Waals surface area contributed by atoms with Crippen molar-refractivity contribution in [1.82, 2.24) is 15.1 Å². The fourth-order valence-corrected chi connectivity index (χ4v) is 2.68. The topological polar surface area (TPSA) is 39.1 Å². The zero-order chi connectivity index (χ0) is 14.7. The van der Waals surface area contributed by atoms with Crippen LogP contribution in [-0.4, -0.2) is 22.9 Å². The van der Waals surface area contributed by atoms with Gasteiger partial charge in [-0.1, -0.05) is 6.07 Å². The standard InChI is InChI=1S/C16H20FN3O/c1-12-16(21-15-4-2-3-14(17)9-15)10-19-20(12)11-13-5-7-18-8-6-13/h2-4,9-10,13,18H,5-8,11H2,1H3. The molecule has 0 unspecified atom stereocenters. The minimum Gasteiger partial charge on any atom is -0.454 e. The van der Waals surface area contributed by atoms with Gasteiger partial charge in [-0.3, -0.25) is 4.68 Å². The second-order valence-electron chi connectivity index (χ2n) is 5.53. The van der Waals surface area contributed by atoms with Crippen LogP contribution in [0.5, 0.6) is 11.5 Å². The number of hydrogen-bond acceptors (Lipinski definition) is 3. The van der Waals surface area contributed by atoms with E-state index in [1.165, 1.54) is 25.0 Å². The van der Waals surface area contributed by atoms with Gasteiger partial charge in [0.1, 0.15) is 11.6 Å². The number of aromatic nitrogens is 2. The molecule has 4 nitrogen and oxygen atoms in total. The molecular weight excluding hydrogens is 269 g/mol. The van der Waals surface area contributed by atoms with E-state index >= 15 is 0 Å². The molecule has 112 valence electrons. The smallest absolute Gasteiger partial charge is 0.168 e. The first kappa shape index (κ1) is 14.1. The number of hydrogen-bond donors (Lipinski definition) is 1. The SMILES string of the molecule is Cc1c(Oc2cccc(F)c2)cnn1CC1CCNCC1. The molecular formula is C16H20FN3O. The van der Waals surface area contributed by atoms with Gasteiger partial charge in [-0.2, -0.15) is 5.10 Å². The maximum atomic E-state index is 13.2. The van der Waals surface area contributed by atoms with Crippen molar-refractivity contribution < 1.29 is 9.13 Å². The third-order valence-electron chi connectivity index (χ3n) is 3.97. The van der Waals surface area contributed by atoms with Crippen molar-refractivity contribution in [1.29, 1.82) is 0 Å². The van der Waals surface area contributed by atoms with Gasteiger partial charge < -0.3 is 10.1 Å². The normalized spacial score (nSPS) is 16.1. The van der Waals surface area contributed by atoms with Crippen molar-refractivity contribution in [3.05, 3.63) is 42.0 Å². The molecule has 1 aliphatic rings. The van der Waals surface area contributed by atoms with Gasteiger partial charge in [0.15, 0.2) is 5.75 Å². The summed E-state index contributed by atoms with van der Waals surface area (Å²) in [6, 6.07) is 6.16. The Balaban J connectivity index is 1.70. The highest BCUT2D eigenvalue weighted by molar-refractivity contribution is 5.32. The van der Waals surface area contributed by atoms with Crippen molar-refractivity contribution in [2.45, 2.75) is 26.3 Å². The Kier molecular flexibility index (Phi) is 4.20. The van der Waals surface area contributed by atoms with Gasteiger partial charge >= 0.3 is 0 Å². The number of ether oxygens (including phenoxy) is 1. The number of rotatable bonds is 4. The number of piperidine rings is 1. The highest BCUT2D eigenvalue weighted by Crippen LogP contribution is 2.26. The molecule has 0 spiro atoms. The fourth-order valence-electron chi connectivity index (χ4n) is 2.68. The van der Waals surface area contributed by atoms with Gasteiger partial charge in [0.2, 0.25) is 0 Å². The molecule has 1 aliphatic heterocycles. The number of halogens is 1. The summed E-state index contributed by atoms with van der Waals surface area (Å²) in [6.07, 6.45) is 4.07. The van der Waals surface area contributed by atoms with E-state index in [4.69, 9.17) is 4.74 Å². The lowest BCUT2D eigenvalue weighted by Gasteiger charge is -2.22. The molecule has 2 aromatic rings. The van der Waals surface area contributed by atoms with Crippen molar-refractivity contribution in [3.63, 3.8) is 0 Å². The van der Waals surface area contributed by atoms with Gasteiger partial charge in [-0.05, 0) is 50.9 Å². The third kappa shape index (κ3) is 3.42. The molecule has 3 rings (SSSR count). The molecule has 1 fully saturated rings. The number of nitrogens with one attached hydrogen (secondary N) is 1. The van der Waals surface area contributed by atoms with Gasteiger partial charge in [0, 0.05) is 12.6 Å². The van der Waals surface area contributed by atoms with Crippen LogP contribution in [0.1, 0.15) is 18.5 Å². The Labute approximate surface area is 123 Å². The molecule has 0 aliphatic carbocycles. The third-order valence-corrected chi connectivity index (χ3v) is 3.97. The van der Waals surface area contributed by atoms with E-state index in [0.717, 1.165) is 25.3 Å². The monoisotopic (exact) mass is 289 g/mol. The quantitative estimate of drug-likeness (QED) is 0.940. The van der Waals surface area contributed by atoms with Crippen LogP contribution in [0, 0.1) is 18.7 Å². The van der Waals surface area contributed by atoms with Crippen LogP contribution in [0.15, 0.2) is 30.5 Å². The summed E-state index contributed by atoms with van der Waals surface area (Å²) in [5.41, 5.74) is 0.984. The molecule has 0 saturated carbocycles. The molecule has 0 radical (unpaired) electrons. The summed E-state index contributed by atoms with van der Waals surface area (Å²) in [5, 5.41) is 7.77. The van der Waals surface area contributed by atoms with Crippen LogP contribution >= 0.6 is 0 Å². The molecule has 0 amide bonds. The van der Waals surface area contributed by atoms with Crippen LogP contribution in [0.25, 0.3) is 0 Å². The average molecular weight is 289 g/mol. The summed E-state index contributed by atoms with van der Waals surface area (Å²) < 4.78 is 20.9. The Morgan fingerprint density at radius 1 is 1.38 bits per heavy atom. The Bertz CT molecular complexity index is 605. The van der Waals surface area contributed by atoms with E-state index in [-0.39, 0.29) is 5.82 Å². The lowest BCUT2D eigenvalue weighted by Crippen LogP contribution is -2.30. The lowest BCUT2D eigenvalue weighted by atomic mass is 9.98. The molecule has 1 saturated heterocycles.